The lowest BCUT2D eigenvalue weighted by molar-refractivity contribution is 0.157. The van der Waals surface area contributed by atoms with E-state index in [1.807, 2.05) is 0 Å². The lowest BCUT2D eigenvalue weighted by atomic mass is 9.93. The van der Waals surface area contributed by atoms with Gasteiger partial charge in [-0.1, -0.05) is 40.0 Å². The minimum absolute atomic E-state index is 0.737. The molecule has 0 aromatic rings. The van der Waals surface area contributed by atoms with Crippen LogP contribution in [0.1, 0.15) is 66.2 Å². The van der Waals surface area contributed by atoms with Gasteiger partial charge in [-0.3, -0.25) is 0 Å². The standard InChI is InChI=1S/C16H34N2/c1-5-14(4)18(7-3)13-15-11-9-8-10-12-16(15)17-6-2/h14-17H,5-13H2,1-4H3. The molecule has 3 unspecified atom stereocenters. The Morgan fingerprint density at radius 2 is 1.83 bits per heavy atom. The molecule has 0 aromatic heterocycles. The summed E-state index contributed by atoms with van der Waals surface area (Å²) < 4.78 is 0. The molecular formula is C16H34N2. The summed E-state index contributed by atoms with van der Waals surface area (Å²) in [4.78, 5) is 2.68. The van der Waals surface area contributed by atoms with E-state index in [1.165, 1.54) is 51.6 Å². The average molecular weight is 254 g/mol. The summed E-state index contributed by atoms with van der Waals surface area (Å²) in [5.74, 6) is 0.862. The molecule has 0 aliphatic heterocycles. The van der Waals surface area contributed by atoms with Gasteiger partial charge in [0, 0.05) is 18.6 Å². The van der Waals surface area contributed by atoms with Crippen LogP contribution in [-0.4, -0.2) is 36.6 Å². The third kappa shape index (κ3) is 4.89. The van der Waals surface area contributed by atoms with Crippen molar-refractivity contribution in [2.24, 2.45) is 5.92 Å². The van der Waals surface area contributed by atoms with Gasteiger partial charge in [0.1, 0.15) is 0 Å². The molecule has 0 aromatic carbocycles. The largest absolute Gasteiger partial charge is 0.314 e. The summed E-state index contributed by atoms with van der Waals surface area (Å²) in [6.07, 6.45) is 8.37. The summed E-state index contributed by atoms with van der Waals surface area (Å²) in [5, 5.41) is 3.73. The second-order valence-corrected chi connectivity index (χ2v) is 5.91. The Hall–Kier alpha value is -0.0800. The highest BCUT2D eigenvalue weighted by molar-refractivity contribution is 4.82. The SMILES string of the molecule is CCNC1CCCCCC1CN(CC)C(C)CC. The Labute approximate surface area is 115 Å². The highest BCUT2D eigenvalue weighted by Crippen LogP contribution is 2.25. The molecule has 2 heteroatoms. The van der Waals surface area contributed by atoms with Crippen LogP contribution in [0.2, 0.25) is 0 Å². The fourth-order valence-electron chi connectivity index (χ4n) is 3.31. The van der Waals surface area contributed by atoms with Gasteiger partial charge < -0.3 is 10.2 Å². The molecule has 0 spiro atoms. The zero-order chi connectivity index (χ0) is 13.4. The van der Waals surface area contributed by atoms with E-state index >= 15 is 0 Å². The van der Waals surface area contributed by atoms with Crippen molar-refractivity contribution >= 4 is 0 Å². The minimum Gasteiger partial charge on any atom is -0.314 e. The van der Waals surface area contributed by atoms with E-state index in [1.54, 1.807) is 0 Å². The van der Waals surface area contributed by atoms with Crippen molar-refractivity contribution in [1.82, 2.24) is 10.2 Å². The van der Waals surface area contributed by atoms with Gasteiger partial charge >= 0.3 is 0 Å². The molecule has 1 aliphatic rings. The predicted octanol–water partition coefficient (Wildman–Crippen LogP) is 3.67. The summed E-state index contributed by atoms with van der Waals surface area (Å²) in [6, 6.07) is 1.50. The number of hydrogen-bond acceptors (Lipinski definition) is 2. The molecule has 18 heavy (non-hydrogen) atoms. The molecule has 1 saturated carbocycles. The van der Waals surface area contributed by atoms with E-state index in [0.29, 0.717) is 0 Å². The lowest BCUT2D eigenvalue weighted by Gasteiger charge is -2.34. The summed E-state index contributed by atoms with van der Waals surface area (Å²) in [5.41, 5.74) is 0. The normalized spacial score (nSPS) is 27.2. The molecular weight excluding hydrogens is 220 g/mol. The first kappa shape index (κ1) is 16.0. The summed E-state index contributed by atoms with van der Waals surface area (Å²) >= 11 is 0. The maximum Gasteiger partial charge on any atom is 0.0107 e. The molecule has 108 valence electrons. The number of nitrogens with one attached hydrogen (secondary N) is 1. The molecule has 1 aliphatic carbocycles. The fourth-order valence-corrected chi connectivity index (χ4v) is 3.31. The number of nitrogens with zero attached hydrogens (tertiary/aromatic N) is 1. The molecule has 0 saturated heterocycles. The first-order chi connectivity index (χ1) is 8.72. The second-order valence-electron chi connectivity index (χ2n) is 5.91. The molecule has 1 fully saturated rings. The second kappa shape index (κ2) is 8.92. The quantitative estimate of drug-likeness (QED) is 0.697. The van der Waals surface area contributed by atoms with Crippen molar-refractivity contribution in [3.8, 4) is 0 Å². The van der Waals surface area contributed by atoms with Gasteiger partial charge in [0.05, 0.1) is 0 Å². The van der Waals surface area contributed by atoms with Crippen molar-refractivity contribution in [2.75, 3.05) is 19.6 Å². The molecule has 1 N–H and O–H groups in total. The lowest BCUT2D eigenvalue weighted by Crippen LogP contribution is -2.44. The first-order valence-electron chi connectivity index (χ1n) is 8.20. The topological polar surface area (TPSA) is 15.3 Å². The third-order valence-corrected chi connectivity index (χ3v) is 4.71. The van der Waals surface area contributed by atoms with Gasteiger partial charge in [0.25, 0.3) is 0 Å². The van der Waals surface area contributed by atoms with Crippen LogP contribution in [0.4, 0.5) is 0 Å². The van der Waals surface area contributed by atoms with Gasteiger partial charge in [-0.2, -0.15) is 0 Å². The third-order valence-electron chi connectivity index (χ3n) is 4.71. The van der Waals surface area contributed by atoms with Crippen molar-refractivity contribution in [2.45, 2.75) is 78.3 Å². The van der Waals surface area contributed by atoms with Crippen LogP contribution in [0.15, 0.2) is 0 Å². The van der Waals surface area contributed by atoms with Gasteiger partial charge in [-0.15, -0.1) is 0 Å². The van der Waals surface area contributed by atoms with E-state index in [2.05, 4.69) is 37.9 Å². The van der Waals surface area contributed by atoms with Crippen LogP contribution < -0.4 is 5.32 Å². The zero-order valence-corrected chi connectivity index (χ0v) is 13.0. The Bertz CT molecular complexity index is 205. The average Bonchev–Trinajstić information content (AvgIpc) is 2.61. The molecule has 1 rings (SSSR count). The van der Waals surface area contributed by atoms with E-state index in [4.69, 9.17) is 0 Å². The molecule has 2 nitrogen and oxygen atoms in total. The van der Waals surface area contributed by atoms with E-state index in [0.717, 1.165) is 24.5 Å². The van der Waals surface area contributed by atoms with Crippen LogP contribution in [0.3, 0.4) is 0 Å². The Balaban J connectivity index is 2.57. The molecule has 0 heterocycles. The first-order valence-corrected chi connectivity index (χ1v) is 8.20. The van der Waals surface area contributed by atoms with E-state index in [9.17, 15) is 0 Å². The molecule has 3 atom stereocenters. The van der Waals surface area contributed by atoms with Crippen molar-refractivity contribution in [3.05, 3.63) is 0 Å². The predicted molar refractivity (Wildman–Crippen MR) is 81.0 cm³/mol. The Kier molecular flexibility index (Phi) is 7.92. The van der Waals surface area contributed by atoms with Crippen LogP contribution in [-0.2, 0) is 0 Å². The Morgan fingerprint density at radius 1 is 1.11 bits per heavy atom. The van der Waals surface area contributed by atoms with E-state index < -0.39 is 0 Å². The summed E-state index contributed by atoms with van der Waals surface area (Å²) in [6.45, 7) is 12.9. The number of rotatable bonds is 7. The van der Waals surface area contributed by atoms with Crippen LogP contribution in [0, 0.1) is 5.92 Å². The van der Waals surface area contributed by atoms with Crippen molar-refractivity contribution < 1.29 is 0 Å². The van der Waals surface area contributed by atoms with Gasteiger partial charge in [0.15, 0.2) is 0 Å². The number of hydrogen-bond donors (Lipinski definition) is 1. The highest BCUT2D eigenvalue weighted by atomic mass is 15.1. The smallest absolute Gasteiger partial charge is 0.0107 e. The zero-order valence-electron chi connectivity index (χ0n) is 13.0. The van der Waals surface area contributed by atoms with Crippen molar-refractivity contribution in [1.29, 1.82) is 0 Å². The highest BCUT2D eigenvalue weighted by Gasteiger charge is 2.25. The fraction of sp³-hybridized carbons (Fsp3) is 1.00. The molecule has 0 bridgehead atoms. The van der Waals surface area contributed by atoms with Crippen LogP contribution in [0.5, 0.6) is 0 Å². The minimum atomic E-state index is 0.737. The monoisotopic (exact) mass is 254 g/mol. The summed E-state index contributed by atoms with van der Waals surface area (Å²) in [7, 11) is 0. The van der Waals surface area contributed by atoms with Gasteiger partial charge in [-0.05, 0) is 45.2 Å². The maximum atomic E-state index is 3.73. The Morgan fingerprint density at radius 3 is 2.44 bits per heavy atom. The molecule has 0 amide bonds. The van der Waals surface area contributed by atoms with Gasteiger partial charge in [-0.25, -0.2) is 0 Å². The maximum absolute atomic E-state index is 3.73. The van der Waals surface area contributed by atoms with E-state index in [-0.39, 0.29) is 0 Å². The van der Waals surface area contributed by atoms with Crippen molar-refractivity contribution in [3.63, 3.8) is 0 Å². The van der Waals surface area contributed by atoms with Gasteiger partial charge in [0.2, 0.25) is 0 Å². The molecule has 0 radical (unpaired) electrons. The van der Waals surface area contributed by atoms with Crippen LogP contribution >= 0.6 is 0 Å². The van der Waals surface area contributed by atoms with Crippen LogP contribution in [0.25, 0.3) is 0 Å².